The van der Waals surface area contributed by atoms with Gasteiger partial charge in [-0.1, -0.05) is 22.0 Å². The monoisotopic (exact) mass is 408 g/mol. The highest BCUT2D eigenvalue weighted by atomic mass is 79.9. The fourth-order valence-corrected chi connectivity index (χ4v) is 3.53. The van der Waals surface area contributed by atoms with Crippen LogP contribution in [0.25, 0.3) is 0 Å². The maximum Gasteiger partial charge on any atom is 0.265 e. The number of thiophene rings is 1. The largest absolute Gasteiger partial charge is 0.380 e. The van der Waals surface area contributed by atoms with E-state index in [0.717, 1.165) is 22.9 Å². The predicted molar refractivity (Wildman–Crippen MR) is 98.5 cm³/mol. The third-order valence-electron chi connectivity index (χ3n) is 3.68. The Morgan fingerprint density at radius 1 is 1.25 bits per heavy atom. The standard InChI is InChI=1S/C17H17BrN2O3S/c1-23-9-11-12(18)3-2-4-13(11)19-17(22)14-7-8-15(24-14)20-16(21)10-5-6-10/h2-4,7-8,10H,5-6,9H2,1H3,(H,19,22)(H,20,21). The molecule has 126 valence electrons. The highest BCUT2D eigenvalue weighted by molar-refractivity contribution is 9.10. The minimum atomic E-state index is -0.206. The Morgan fingerprint density at radius 3 is 2.75 bits per heavy atom. The number of ether oxygens (including phenoxy) is 1. The van der Waals surface area contributed by atoms with Crippen LogP contribution in [0.2, 0.25) is 0 Å². The molecule has 5 nitrogen and oxygen atoms in total. The Bertz CT molecular complexity index is 771. The van der Waals surface area contributed by atoms with Gasteiger partial charge in [0.1, 0.15) is 0 Å². The van der Waals surface area contributed by atoms with Crippen molar-refractivity contribution in [3.63, 3.8) is 0 Å². The lowest BCUT2D eigenvalue weighted by atomic mass is 10.2. The Balaban J connectivity index is 1.70. The molecule has 1 aromatic heterocycles. The molecular formula is C17H17BrN2O3S. The van der Waals surface area contributed by atoms with E-state index >= 15 is 0 Å². The number of rotatable bonds is 6. The average Bonchev–Trinajstić information content (AvgIpc) is 3.31. The molecule has 0 aliphatic heterocycles. The first-order chi connectivity index (χ1) is 11.6. The zero-order valence-corrected chi connectivity index (χ0v) is 15.5. The molecule has 0 saturated heterocycles. The minimum absolute atomic E-state index is 0.0400. The lowest BCUT2D eigenvalue weighted by Gasteiger charge is -2.11. The van der Waals surface area contributed by atoms with E-state index in [4.69, 9.17) is 4.74 Å². The second kappa shape index (κ2) is 7.46. The summed E-state index contributed by atoms with van der Waals surface area (Å²) in [6.45, 7) is 0.393. The van der Waals surface area contributed by atoms with Crippen molar-refractivity contribution in [3.8, 4) is 0 Å². The lowest BCUT2D eigenvalue weighted by molar-refractivity contribution is -0.117. The molecule has 2 amide bonds. The number of halogens is 1. The van der Waals surface area contributed by atoms with Gasteiger partial charge in [0.25, 0.3) is 5.91 Å². The molecule has 1 heterocycles. The van der Waals surface area contributed by atoms with Crippen LogP contribution in [0.1, 0.15) is 28.1 Å². The lowest BCUT2D eigenvalue weighted by Crippen LogP contribution is -2.13. The topological polar surface area (TPSA) is 67.4 Å². The molecule has 1 fully saturated rings. The smallest absolute Gasteiger partial charge is 0.265 e. The van der Waals surface area contributed by atoms with Crippen LogP contribution in [0.3, 0.4) is 0 Å². The van der Waals surface area contributed by atoms with E-state index in [0.29, 0.717) is 22.2 Å². The van der Waals surface area contributed by atoms with Gasteiger partial charge in [0.05, 0.1) is 16.5 Å². The Labute approximate surface area is 152 Å². The average molecular weight is 409 g/mol. The SMILES string of the molecule is COCc1c(Br)cccc1NC(=O)c1ccc(NC(=O)C2CC2)s1. The van der Waals surface area contributed by atoms with Crippen LogP contribution in [0.4, 0.5) is 10.7 Å². The molecule has 2 aromatic rings. The van der Waals surface area contributed by atoms with Gasteiger partial charge in [-0.2, -0.15) is 0 Å². The van der Waals surface area contributed by atoms with Gasteiger partial charge in [-0.25, -0.2) is 0 Å². The normalized spacial score (nSPS) is 13.6. The third kappa shape index (κ3) is 4.03. The predicted octanol–water partition coefficient (Wildman–Crippen LogP) is 4.26. The van der Waals surface area contributed by atoms with Crippen molar-refractivity contribution in [2.45, 2.75) is 19.4 Å². The van der Waals surface area contributed by atoms with Crippen molar-refractivity contribution in [1.29, 1.82) is 0 Å². The summed E-state index contributed by atoms with van der Waals surface area (Å²) < 4.78 is 6.07. The van der Waals surface area contributed by atoms with E-state index in [9.17, 15) is 9.59 Å². The fourth-order valence-electron chi connectivity index (χ4n) is 2.25. The number of hydrogen-bond donors (Lipinski definition) is 2. The number of methoxy groups -OCH3 is 1. The molecule has 1 aliphatic rings. The molecule has 7 heteroatoms. The fraction of sp³-hybridized carbons (Fsp3) is 0.294. The van der Waals surface area contributed by atoms with E-state index in [2.05, 4.69) is 26.6 Å². The summed E-state index contributed by atoms with van der Waals surface area (Å²) >= 11 is 4.74. The van der Waals surface area contributed by atoms with Gasteiger partial charge in [0.2, 0.25) is 5.91 Å². The Hall–Kier alpha value is -1.70. The highest BCUT2D eigenvalue weighted by Gasteiger charge is 2.29. The first-order valence-corrected chi connectivity index (χ1v) is 9.18. The van der Waals surface area contributed by atoms with Gasteiger partial charge in [-0.3, -0.25) is 9.59 Å². The van der Waals surface area contributed by atoms with Gasteiger partial charge < -0.3 is 15.4 Å². The molecule has 0 atom stereocenters. The molecule has 0 unspecified atom stereocenters. The van der Waals surface area contributed by atoms with Crippen LogP contribution in [0.15, 0.2) is 34.8 Å². The van der Waals surface area contributed by atoms with E-state index in [-0.39, 0.29) is 17.7 Å². The second-order valence-electron chi connectivity index (χ2n) is 5.58. The molecule has 24 heavy (non-hydrogen) atoms. The summed E-state index contributed by atoms with van der Waals surface area (Å²) in [7, 11) is 1.61. The number of amides is 2. The van der Waals surface area contributed by atoms with Crippen molar-refractivity contribution < 1.29 is 14.3 Å². The molecule has 1 saturated carbocycles. The summed E-state index contributed by atoms with van der Waals surface area (Å²) in [5.74, 6) is -0.0248. The summed E-state index contributed by atoms with van der Waals surface area (Å²) in [5, 5.41) is 6.46. The number of benzene rings is 1. The molecule has 1 aliphatic carbocycles. The van der Waals surface area contributed by atoms with Gasteiger partial charge in [-0.15, -0.1) is 11.3 Å². The number of nitrogens with one attached hydrogen (secondary N) is 2. The van der Waals surface area contributed by atoms with Crippen LogP contribution in [0, 0.1) is 5.92 Å². The number of hydrogen-bond acceptors (Lipinski definition) is 4. The number of carbonyl (C=O) groups excluding carboxylic acids is 2. The van der Waals surface area contributed by atoms with Crippen LogP contribution in [-0.4, -0.2) is 18.9 Å². The Morgan fingerprint density at radius 2 is 2.04 bits per heavy atom. The summed E-state index contributed by atoms with van der Waals surface area (Å²) in [6, 6.07) is 9.07. The summed E-state index contributed by atoms with van der Waals surface area (Å²) in [6.07, 6.45) is 1.91. The zero-order chi connectivity index (χ0) is 17.1. The summed E-state index contributed by atoms with van der Waals surface area (Å²) in [4.78, 5) is 24.8. The van der Waals surface area contributed by atoms with Crippen molar-refractivity contribution >= 4 is 49.8 Å². The van der Waals surface area contributed by atoms with Crippen LogP contribution in [0.5, 0.6) is 0 Å². The molecule has 1 aromatic carbocycles. The first-order valence-electron chi connectivity index (χ1n) is 7.57. The molecule has 2 N–H and O–H groups in total. The maximum absolute atomic E-state index is 12.5. The number of anilines is 2. The van der Waals surface area contributed by atoms with E-state index in [1.165, 1.54) is 11.3 Å². The molecule has 0 spiro atoms. The number of carbonyl (C=O) groups is 2. The van der Waals surface area contributed by atoms with E-state index < -0.39 is 0 Å². The van der Waals surface area contributed by atoms with Crippen molar-refractivity contribution in [1.82, 2.24) is 0 Å². The van der Waals surface area contributed by atoms with Crippen LogP contribution < -0.4 is 10.6 Å². The zero-order valence-electron chi connectivity index (χ0n) is 13.1. The maximum atomic E-state index is 12.5. The molecule has 0 radical (unpaired) electrons. The van der Waals surface area contributed by atoms with Gasteiger partial charge >= 0.3 is 0 Å². The molecule has 0 bridgehead atoms. The molecular weight excluding hydrogens is 392 g/mol. The second-order valence-corrected chi connectivity index (χ2v) is 7.52. The first kappa shape index (κ1) is 17.1. The van der Waals surface area contributed by atoms with Crippen LogP contribution >= 0.6 is 27.3 Å². The van der Waals surface area contributed by atoms with Crippen molar-refractivity contribution in [2.24, 2.45) is 5.92 Å². The minimum Gasteiger partial charge on any atom is -0.380 e. The van der Waals surface area contributed by atoms with E-state index in [1.54, 1.807) is 19.2 Å². The quantitative estimate of drug-likeness (QED) is 0.750. The summed E-state index contributed by atoms with van der Waals surface area (Å²) in [5.41, 5.74) is 1.58. The van der Waals surface area contributed by atoms with Gasteiger partial charge in [-0.05, 0) is 37.1 Å². The Kier molecular flexibility index (Phi) is 5.33. The van der Waals surface area contributed by atoms with E-state index in [1.807, 2.05) is 18.2 Å². The van der Waals surface area contributed by atoms with Gasteiger partial charge in [0, 0.05) is 28.8 Å². The highest BCUT2D eigenvalue weighted by Crippen LogP contribution is 2.32. The molecule has 3 rings (SSSR count). The van der Waals surface area contributed by atoms with Crippen molar-refractivity contribution in [3.05, 3.63) is 45.2 Å². The third-order valence-corrected chi connectivity index (χ3v) is 5.42. The van der Waals surface area contributed by atoms with Gasteiger partial charge in [0.15, 0.2) is 0 Å². The van der Waals surface area contributed by atoms with Crippen LogP contribution in [-0.2, 0) is 16.1 Å². The van der Waals surface area contributed by atoms with Crippen molar-refractivity contribution in [2.75, 3.05) is 17.7 Å².